The number of pyridine rings is 1. The van der Waals surface area contributed by atoms with Gasteiger partial charge in [0.2, 0.25) is 0 Å². The number of nitrogens with zero attached hydrogens (tertiary/aromatic N) is 5. The number of carbonyl (C=O) groups is 1. The number of carbonyl (C=O) groups excluding carboxylic acids is 1. The summed E-state index contributed by atoms with van der Waals surface area (Å²) < 4.78 is 34.4. The van der Waals surface area contributed by atoms with Crippen LogP contribution in [-0.4, -0.2) is 54.7 Å². The number of benzene rings is 1. The molecule has 4 aromatic rings. The van der Waals surface area contributed by atoms with Crippen molar-refractivity contribution in [2.24, 2.45) is 0 Å². The number of nitrogens with one attached hydrogen (secondary N) is 1. The molecule has 0 saturated heterocycles. The van der Waals surface area contributed by atoms with Gasteiger partial charge in [0.05, 0.1) is 25.1 Å². The Bertz CT molecular complexity index is 1620. The highest BCUT2D eigenvalue weighted by Crippen LogP contribution is 2.44. The summed E-state index contributed by atoms with van der Waals surface area (Å²) in [5, 5.41) is 2.78. The fourth-order valence-electron chi connectivity index (χ4n) is 3.99. The average Bonchev–Trinajstić information content (AvgIpc) is 3.33. The van der Waals surface area contributed by atoms with E-state index in [2.05, 4.69) is 20.0 Å². The molecule has 3 heterocycles. The van der Waals surface area contributed by atoms with E-state index in [4.69, 9.17) is 19.7 Å². The van der Waals surface area contributed by atoms with Crippen LogP contribution in [0.4, 0.5) is 5.82 Å². The second-order valence-corrected chi connectivity index (χ2v) is 12.0. The van der Waals surface area contributed by atoms with E-state index >= 15 is 0 Å². The molecule has 13 nitrogen and oxygen atoms in total. The number of hydrogen-bond acceptors (Lipinski definition) is 10. The van der Waals surface area contributed by atoms with Crippen LogP contribution in [0.15, 0.2) is 60.0 Å². The fourth-order valence-corrected chi connectivity index (χ4v) is 5.78. The zero-order valence-electron chi connectivity index (χ0n) is 23.6. The largest absolute Gasteiger partial charge is 0.462 e. The van der Waals surface area contributed by atoms with Crippen molar-refractivity contribution in [2.45, 2.75) is 59.4 Å². The van der Waals surface area contributed by atoms with Gasteiger partial charge in [-0.2, -0.15) is 0 Å². The average molecular weight is 584 g/mol. The van der Waals surface area contributed by atoms with Gasteiger partial charge >= 0.3 is 13.5 Å². The molecule has 0 saturated carbocycles. The molecule has 0 aliphatic rings. The Morgan fingerprint density at radius 1 is 1.07 bits per heavy atom. The molecular weight excluding hydrogens is 549 g/mol. The number of fused-ring (bicyclic) bond motifs is 1. The quantitative estimate of drug-likeness (QED) is 0.185. The van der Waals surface area contributed by atoms with E-state index in [1.54, 1.807) is 75.1 Å². The van der Waals surface area contributed by atoms with Crippen molar-refractivity contribution in [1.82, 2.24) is 29.2 Å². The van der Waals surface area contributed by atoms with Gasteiger partial charge in [-0.3, -0.25) is 18.7 Å². The molecule has 14 heteroatoms. The Labute approximate surface area is 237 Å². The summed E-state index contributed by atoms with van der Waals surface area (Å²) in [7, 11) is -3.81. The molecule has 0 radical (unpaired) electrons. The van der Waals surface area contributed by atoms with Gasteiger partial charge in [-0.05, 0) is 64.4 Å². The normalized spacial score (nSPS) is 14.5. The van der Waals surface area contributed by atoms with Gasteiger partial charge in [0.15, 0.2) is 11.5 Å². The number of ether oxygens (including phenoxy) is 2. The maximum Gasteiger partial charge on any atom is 0.342 e. The molecule has 218 valence electrons. The molecule has 1 unspecified atom stereocenters. The van der Waals surface area contributed by atoms with E-state index in [-0.39, 0.29) is 29.6 Å². The molecule has 3 N–H and O–H groups in total. The number of rotatable bonds is 12. The number of nitrogen functional groups attached to an aromatic ring is 1. The topological polar surface area (TPSA) is 165 Å². The number of aromatic nitrogens is 5. The van der Waals surface area contributed by atoms with Gasteiger partial charge < -0.3 is 24.3 Å². The Balaban J connectivity index is 1.51. The summed E-state index contributed by atoms with van der Waals surface area (Å²) in [6.07, 6.45) is 3.52. The first-order chi connectivity index (χ1) is 19.4. The van der Waals surface area contributed by atoms with E-state index in [9.17, 15) is 14.2 Å². The molecule has 0 amide bonds. The SMILES string of the molecule is Cc1ccc(=O)n(-c2ccc(OP(=O)(CO[C@H](C)Cn3cnc4c(N)ncnc43)N[C@@H](C)C(=O)OC(C)C)cc2)c1. The van der Waals surface area contributed by atoms with Crippen molar-refractivity contribution in [3.05, 3.63) is 71.2 Å². The van der Waals surface area contributed by atoms with E-state index in [0.717, 1.165) is 5.56 Å². The van der Waals surface area contributed by atoms with Crippen molar-refractivity contribution >= 4 is 30.5 Å². The molecule has 0 fully saturated rings. The highest BCUT2D eigenvalue weighted by Gasteiger charge is 2.32. The molecule has 0 spiro atoms. The van der Waals surface area contributed by atoms with Crippen molar-refractivity contribution in [3.8, 4) is 11.4 Å². The minimum atomic E-state index is -3.81. The minimum absolute atomic E-state index is 0.184. The number of aryl methyl sites for hydroxylation is 1. The van der Waals surface area contributed by atoms with Gasteiger partial charge in [-0.1, -0.05) is 6.07 Å². The van der Waals surface area contributed by atoms with Gasteiger partial charge in [-0.15, -0.1) is 0 Å². The molecular formula is C27H34N7O6P. The van der Waals surface area contributed by atoms with Crippen molar-refractivity contribution in [1.29, 1.82) is 0 Å². The summed E-state index contributed by atoms with van der Waals surface area (Å²) >= 11 is 0. The van der Waals surface area contributed by atoms with Crippen LogP contribution in [0.2, 0.25) is 0 Å². The third-order valence-corrected chi connectivity index (χ3v) is 7.71. The monoisotopic (exact) mass is 583 g/mol. The maximum atomic E-state index is 14.0. The number of nitrogens with two attached hydrogens (primary N) is 1. The third-order valence-electron chi connectivity index (χ3n) is 5.93. The highest BCUT2D eigenvalue weighted by atomic mass is 31.2. The van der Waals surface area contributed by atoms with Gasteiger partial charge in [0.1, 0.15) is 30.0 Å². The van der Waals surface area contributed by atoms with Crippen molar-refractivity contribution in [2.75, 3.05) is 12.1 Å². The van der Waals surface area contributed by atoms with Crippen molar-refractivity contribution < 1.29 is 23.4 Å². The second-order valence-electron chi connectivity index (χ2n) is 9.94. The Hall–Kier alpha value is -4.06. The lowest BCUT2D eigenvalue weighted by atomic mass is 10.2. The zero-order valence-corrected chi connectivity index (χ0v) is 24.4. The number of anilines is 1. The van der Waals surface area contributed by atoms with E-state index in [0.29, 0.717) is 23.4 Å². The molecule has 41 heavy (non-hydrogen) atoms. The zero-order chi connectivity index (χ0) is 29.7. The van der Waals surface area contributed by atoms with Crippen LogP contribution >= 0.6 is 7.52 Å². The van der Waals surface area contributed by atoms with Crippen LogP contribution in [0.1, 0.15) is 33.3 Å². The van der Waals surface area contributed by atoms with Gasteiger partial charge in [0.25, 0.3) is 5.56 Å². The third kappa shape index (κ3) is 7.57. The van der Waals surface area contributed by atoms with Crippen LogP contribution in [0.3, 0.4) is 0 Å². The Kier molecular flexibility index (Phi) is 9.21. The van der Waals surface area contributed by atoms with Gasteiger partial charge in [0, 0.05) is 18.0 Å². The van der Waals surface area contributed by atoms with E-state index in [1.165, 1.54) is 17.0 Å². The number of hydrogen-bond donors (Lipinski definition) is 2. The minimum Gasteiger partial charge on any atom is -0.462 e. The van der Waals surface area contributed by atoms with E-state index in [1.807, 2.05) is 6.92 Å². The molecule has 0 aliphatic heterocycles. The Morgan fingerprint density at radius 2 is 1.80 bits per heavy atom. The summed E-state index contributed by atoms with van der Waals surface area (Å²) in [6, 6.07) is 8.84. The lowest BCUT2D eigenvalue weighted by molar-refractivity contribution is -0.149. The first kappa shape index (κ1) is 29.9. The maximum absolute atomic E-state index is 14.0. The van der Waals surface area contributed by atoms with Crippen LogP contribution in [0, 0.1) is 6.92 Å². The summed E-state index contributed by atoms with van der Waals surface area (Å²) in [6.45, 7) is 9.01. The standard InChI is InChI=1S/C27H34N7O6P/c1-17(2)39-27(36)20(5)32-41(37,16-38-19(4)13-33-15-31-24-25(28)29-14-30-26(24)33)40-22-9-7-21(8-10-22)34-12-18(3)6-11-23(34)35/h6-12,14-15,17,19-20H,13,16H2,1-5H3,(H,32,37)(H2,28,29,30)/t19-,20+,41?/m1/s1. The molecule has 0 bridgehead atoms. The Morgan fingerprint density at radius 3 is 2.51 bits per heavy atom. The van der Waals surface area contributed by atoms with Crippen LogP contribution < -0.4 is 20.9 Å². The second kappa shape index (κ2) is 12.6. The first-order valence-electron chi connectivity index (χ1n) is 13.0. The number of imidazole rings is 1. The lowest BCUT2D eigenvalue weighted by Crippen LogP contribution is -2.37. The lowest BCUT2D eigenvalue weighted by Gasteiger charge is -2.25. The summed E-state index contributed by atoms with van der Waals surface area (Å²) in [5.41, 5.74) is 8.25. The van der Waals surface area contributed by atoms with Crippen molar-refractivity contribution in [3.63, 3.8) is 0 Å². The number of esters is 1. The van der Waals surface area contributed by atoms with Crippen LogP contribution in [0.25, 0.3) is 16.9 Å². The molecule has 1 aromatic carbocycles. The van der Waals surface area contributed by atoms with E-state index < -0.39 is 25.6 Å². The molecule has 3 aromatic heterocycles. The molecule has 4 rings (SSSR count). The van der Waals surface area contributed by atoms with Gasteiger partial charge in [-0.25, -0.2) is 20.0 Å². The highest BCUT2D eigenvalue weighted by molar-refractivity contribution is 7.57. The van der Waals surface area contributed by atoms with Crippen LogP contribution in [-0.2, 0) is 25.4 Å². The predicted molar refractivity (Wildman–Crippen MR) is 154 cm³/mol. The fraction of sp³-hybridized carbons (Fsp3) is 0.370. The van der Waals surface area contributed by atoms with Crippen LogP contribution in [0.5, 0.6) is 5.75 Å². The predicted octanol–water partition coefficient (Wildman–Crippen LogP) is 3.43. The smallest absolute Gasteiger partial charge is 0.342 e. The molecule has 3 atom stereocenters. The summed E-state index contributed by atoms with van der Waals surface area (Å²) in [5.74, 6) is -0.0445. The summed E-state index contributed by atoms with van der Waals surface area (Å²) in [4.78, 5) is 37.2. The first-order valence-corrected chi connectivity index (χ1v) is 14.8. The molecule has 0 aliphatic carbocycles.